The second kappa shape index (κ2) is 7.70. The number of halogens is 1. The quantitative estimate of drug-likeness (QED) is 0.681. The van der Waals surface area contributed by atoms with Crippen LogP contribution in [0, 0.1) is 5.92 Å². The van der Waals surface area contributed by atoms with Crippen molar-refractivity contribution >= 4 is 24.2 Å². The molecule has 0 aliphatic carbocycles. The Morgan fingerprint density at radius 3 is 2.63 bits per heavy atom. The van der Waals surface area contributed by atoms with E-state index in [0.29, 0.717) is 5.56 Å². The molecule has 0 atom stereocenters. The zero-order chi connectivity index (χ0) is 12.8. The van der Waals surface area contributed by atoms with E-state index in [1.165, 1.54) is 6.20 Å². The molecule has 19 heavy (non-hydrogen) atoms. The number of hydrazine groups is 1. The summed E-state index contributed by atoms with van der Waals surface area (Å²) in [6.07, 6.45) is 4.64. The van der Waals surface area contributed by atoms with Gasteiger partial charge in [-0.1, -0.05) is 0 Å². The van der Waals surface area contributed by atoms with Gasteiger partial charge in [0.2, 0.25) is 5.91 Å². The van der Waals surface area contributed by atoms with Gasteiger partial charge in [0.25, 0.3) is 5.91 Å². The van der Waals surface area contributed by atoms with Crippen LogP contribution in [-0.4, -0.2) is 29.9 Å². The lowest BCUT2D eigenvalue weighted by molar-refractivity contribution is -0.126. The van der Waals surface area contributed by atoms with Gasteiger partial charge >= 0.3 is 0 Å². The van der Waals surface area contributed by atoms with Crippen LogP contribution in [0.3, 0.4) is 0 Å². The largest absolute Gasteiger partial charge is 0.317 e. The monoisotopic (exact) mass is 284 g/mol. The molecule has 1 fully saturated rings. The highest BCUT2D eigenvalue weighted by Crippen LogP contribution is 2.10. The second-order valence-electron chi connectivity index (χ2n) is 4.21. The van der Waals surface area contributed by atoms with Crippen LogP contribution < -0.4 is 16.2 Å². The molecule has 0 spiro atoms. The van der Waals surface area contributed by atoms with E-state index in [1.807, 2.05) is 0 Å². The molecule has 0 unspecified atom stereocenters. The maximum atomic E-state index is 11.8. The fourth-order valence-corrected chi connectivity index (χ4v) is 1.87. The number of pyridine rings is 1. The van der Waals surface area contributed by atoms with Crippen LogP contribution in [0.4, 0.5) is 0 Å². The topological polar surface area (TPSA) is 83.1 Å². The van der Waals surface area contributed by atoms with E-state index in [0.717, 1.165) is 25.9 Å². The Balaban J connectivity index is 0.00000180. The van der Waals surface area contributed by atoms with Gasteiger partial charge in [0, 0.05) is 18.3 Å². The number of rotatable bonds is 2. The first-order valence-electron chi connectivity index (χ1n) is 5.98. The molecular formula is C12H17ClN4O2. The minimum absolute atomic E-state index is 0. The summed E-state index contributed by atoms with van der Waals surface area (Å²) in [6.45, 7) is 1.68. The maximum Gasteiger partial charge on any atom is 0.271 e. The normalized spacial score (nSPS) is 15.2. The molecule has 6 nitrogen and oxygen atoms in total. The lowest BCUT2D eigenvalue weighted by Crippen LogP contribution is -2.46. The highest BCUT2D eigenvalue weighted by atomic mass is 35.5. The number of aromatic nitrogens is 1. The molecule has 0 saturated carbocycles. The number of nitrogens with one attached hydrogen (secondary N) is 3. The molecule has 2 heterocycles. The van der Waals surface area contributed by atoms with Gasteiger partial charge in [-0.2, -0.15) is 0 Å². The predicted molar refractivity (Wildman–Crippen MR) is 72.7 cm³/mol. The molecule has 1 aliphatic heterocycles. The van der Waals surface area contributed by atoms with Crippen LogP contribution in [0.1, 0.15) is 23.2 Å². The molecule has 0 radical (unpaired) electrons. The first kappa shape index (κ1) is 15.4. The molecule has 1 aliphatic rings. The molecule has 1 aromatic rings. The van der Waals surface area contributed by atoms with Gasteiger partial charge in [-0.25, -0.2) is 0 Å². The summed E-state index contributed by atoms with van der Waals surface area (Å²) in [5, 5.41) is 3.18. The molecule has 2 rings (SSSR count). The molecule has 7 heteroatoms. The number of nitrogens with zero attached hydrogens (tertiary/aromatic N) is 1. The zero-order valence-corrected chi connectivity index (χ0v) is 11.2. The van der Waals surface area contributed by atoms with Crippen molar-refractivity contribution in [2.24, 2.45) is 5.92 Å². The van der Waals surface area contributed by atoms with Crippen LogP contribution in [0.15, 0.2) is 24.5 Å². The van der Waals surface area contributed by atoms with Crippen molar-refractivity contribution in [1.82, 2.24) is 21.2 Å². The van der Waals surface area contributed by atoms with Crippen LogP contribution in [0.5, 0.6) is 0 Å². The van der Waals surface area contributed by atoms with Gasteiger partial charge in [-0.3, -0.25) is 25.4 Å². The third-order valence-electron chi connectivity index (χ3n) is 2.93. The number of carbonyl (C=O) groups is 2. The number of carbonyl (C=O) groups excluding carboxylic acids is 2. The SMILES string of the molecule is Cl.O=C(NNC(=O)C1CCNCC1)c1cccnc1. The highest BCUT2D eigenvalue weighted by molar-refractivity contribution is 5.95. The number of hydrogen-bond donors (Lipinski definition) is 3. The van der Waals surface area contributed by atoms with E-state index in [-0.39, 0.29) is 30.1 Å². The molecule has 0 aromatic carbocycles. The molecule has 3 N–H and O–H groups in total. The van der Waals surface area contributed by atoms with Gasteiger partial charge in [0.05, 0.1) is 5.56 Å². The Morgan fingerprint density at radius 2 is 2.00 bits per heavy atom. The molecule has 1 aromatic heterocycles. The molecule has 0 bridgehead atoms. The van der Waals surface area contributed by atoms with Crippen LogP contribution in [0.25, 0.3) is 0 Å². The van der Waals surface area contributed by atoms with Crippen molar-refractivity contribution in [2.45, 2.75) is 12.8 Å². The third-order valence-corrected chi connectivity index (χ3v) is 2.93. The first-order chi connectivity index (χ1) is 8.77. The Labute approximate surface area is 117 Å². The molecule has 2 amide bonds. The van der Waals surface area contributed by atoms with Crippen molar-refractivity contribution in [3.63, 3.8) is 0 Å². The van der Waals surface area contributed by atoms with Crippen molar-refractivity contribution in [2.75, 3.05) is 13.1 Å². The predicted octanol–water partition coefficient (Wildman–Crippen LogP) is 0.264. The maximum absolute atomic E-state index is 11.8. The van der Waals surface area contributed by atoms with Gasteiger partial charge in [0.1, 0.15) is 0 Å². The average Bonchev–Trinajstić information content (AvgIpc) is 2.46. The van der Waals surface area contributed by atoms with Crippen LogP contribution in [-0.2, 0) is 4.79 Å². The highest BCUT2D eigenvalue weighted by Gasteiger charge is 2.21. The van der Waals surface area contributed by atoms with E-state index >= 15 is 0 Å². The van der Waals surface area contributed by atoms with E-state index in [1.54, 1.807) is 18.3 Å². The van der Waals surface area contributed by atoms with E-state index < -0.39 is 0 Å². The standard InChI is InChI=1S/C12H16N4O2.ClH/c17-11(9-3-6-13-7-4-9)15-16-12(18)10-2-1-5-14-8-10;/h1-2,5,8-9,13H,3-4,6-7H2,(H,15,17)(H,16,18);1H. The van der Waals surface area contributed by atoms with Gasteiger partial charge in [0.15, 0.2) is 0 Å². The second-order valence-corrected chi connectivity index (χ2v) is 4.21. The Morgan fingerprint density at radius 1 is 1.26 bits per heavy atom. The fourth-order valence-electron chi connectivity index (χ4n) is 1.87. The lowest BCUT2D eigenvalue weighted by Gasteiger charge is -2.21. The summed E-state index contributed by atoms with van der Waals surface area (Å²) in [6, 6.07) is 3.31. The van der Waals surface area contributed by atoms with E-state index in [9.17, 15) is 9.59 Å². The first-order valence-corrected chi connectivity index (χ1v) is 5.98. The number of hydrogen-bond acceptors (Lipinski definition) is 4. The Hall–Kier alpha value is -1.66. The van der Waals surface area contributed by atoms with Gasteiger partial charge in [-0.15, -0.1) is 12.4 Å². The van der Waals surface area contributed by atoms with Crippen LogP contribution >= 0.6 is 12.4 Å². The van der Waals surface area contributed by atoms with Crippen molar-refractivity contribution in [1.29, 1.82) is 0 Å². The smallest absolute Gasteiger partial charge is 0.271 e. The molecule has 104 valence electrons. The Bertz CT molecular complexity index is 421. The summed E-state index contributed by atoms with van der Waals surface area (Å²) in [5.41, 5.74) is 5.27. The summed E-state index contributed by atoms with van der Waals surface area (Å²) < 4.78 is 0. The molecule has 1 saturated heterocycles. The van der Waals surface area contributed by atoms with Gasteiger partial charge < -0.3 is 5.32 Å². The Kier molecular flexibility index (Phi) is 6.24. The van der Waals surface area contributed by atoms with Crippen LogP contribution in [0.2, 0.25) is 0 Å². The summed E-state index contributed by atoms with van der Waals surface area (Å²) in [5.74, 6) is -0.514. The fraction of sp³-hybridized carbons (Fsp3) is 0.417. The minimum atomic E-state index is -0.356. The number of amides is 2. The minimum Gasteiger partial charge on any atom is -0.317 e. The van der Waals surface area contributed by atoms with Crippen molar-refractivity contribution in [3.05, 3.63) is 30.1 Å². The summed E-state index contributed by atoms with van der Waals surface area (Å²) in [4.78, 5) is 27.3. The van der Waals surface area contributed by atoms with E-state index in [2.05, 4.69) is 21.2 Å². The average molecular weight is 285 g/mol. The lowest BCUT2D eigenvalue weighted by atomic mass is 9.98. The van der Waals surface area contributed by atoms with E-state index in [4.69, 9.17) is 0 Å². The third kappa shape index (κ3) is 4.50. The zero-order valence-electron chi connectivity index (χ0n) is 10.4. The molecular weight excluding hydrogens is 268 g/mol. The van der Waals surface area contributed by atoms with Gasteiger partial charge in [-0.05, 0) is 38.1 Å². The van der Waals surface area contributed by atoms with Crippen molar-refractivity contribution < 1.29 is 9.59 Å². The summed E-state index contributed by atoms with van der Waals surface area (Å²) in [7, 11) is 0. The van der Waals surface area contributed by atoms with Crippen molar-refractivity contribution in [3.8, 4) is 0 Å². The number of piperidine rings is 1. The summed E-state index contributed by atoms with van der Waals surface area (Å²) >= 11 is 0.